The SMILES string of the molecule is Fc1cc(F)c(-c2cnc(Br)n2-c2ccc(Cl)nc2)c(F)c1. The molecule has 0 atom stereocenters. The Labute approximate surface area is 136 Å². The van der Waals surface area contributed by atoms with E-state index in [1.807, 2.05) is 0 Å². The van der Waals surface area contributed by atoms with Gasteiger partial charge in [0, 0.05) is 12.1 Å². The van der Waals surface area contributed by atoms with Crippen LogP contribution in [0.15, 0.2) is 41.4 Å². The molecule has 2 aromatic heterocycles. The Morgan fingerprint density at radius 3 is 2.27 bits per heavy atom. The fourth-order valence-electron chi connectivity index (χ4n) is 2.04. The van der Waals surface area contributed by atoms with Crippen LogP contribution >= 0.6 is 27.5 Å². The van der Waals surface area contributed by atoms with E-state index in [1.165, 1.54) is 23.0 Å². The van der Waals surface area contributed by atoms with Gasteiger partial charge in [0.25, 0.3) is 0 Å². The molecule has 112 valence electrons. The third kappa shape index (κ3) is 2.62. The van der Waals surface area contributed by atoms with E-state index in [2.05, 4.69) is 25.9 Å². The minimum atomic E-state index is -1.02. The molecular weight excluding hydrogens is 383 g/mol. The molecule has 3 nitrogen and oxygen atoms in total. The molecule has 0 unspecified atom stereocenters. The first kappa shape index (κ1) is 15.1. The van der Waals surface area contributed by atoms with Crippen molar-refractivity contribution in [2.24, 2.45) is 0 Å². The van der Waals surface area contributed by atoms with Crippen molar-refractivity contribution in [2.45, 2.75) is 0 Å². The van der Waals surface area contributed by atoms with Crippen LogP contribution in [0.3, 0.4) is 0 Å². The van der Waals surface area contributed by atoms with Gasteiger partial charge < -0.3 is 0 Å². The van der Waals surface area contributed by atoms with Crippen molar-refractivity contribution in [1.29, 1.82) is 0 Å². The smallest absolute Gasteiger partial charge is 0.182 e. The van der Waals surface area contributed by atoms with E-state index in [4.69, 9.17) is 11.6 Å². The van der Waals surface area contributed by atoms with Gasteiger partial charge in [0.15, 0.2) is 4.73 Å². The van der Waals surface area contributed by atoms with Crippen molar-refractivity contribution >= 4 is 27.5 Å². The third-order valence-corrected chi connectivity index (χ3v) is 3.73. The minimum Gasteiger partial charge on any atom is -0.285 e. The molecule has 3 rings (SSSR count). The number of nitrogens with zero attached hydrogens (tertiary/aromatic N) is 3. The second-order valence-corrected chi connectivity index (χ2v) is 5.43. The summed E-state index contributed by atoms with van der Waals surface area (Å²) in [6, 6.07) is 4.38. The lowest BCUT2D eigenvalue weighted by molar-refractivity contribution is 0.547. The molecule has 0 aliphatic rings. The van der Waals surface area contributed by atoms with Gasteiger partial charge in [0.05, 0.1) is 29.3 Å². The lowest BCUT2D eigenvalue weighted by Crippen LogP contribution is -2.01. The second kappa shape index (κ2) is 5.73. The molecule has 0 radical (unpaired) electrons. The zero-order chi connectivity index (χ0) is 15.9. The summed E-state index contributed by atoms with van der Waals surface area (Å²) in [5, 5.41) is 0.278. The van der Waals surface area contributed by atoms with Crippen LogP contribution in [0.4, 0.5) is 13.2 Å². The number of pyridine rings is 1. The molecule has 0 aliphatic carbocycles. The predicted molar refractivity (Wildman–Crippen MR) is 79.4 cm³/mol. The number of imidazole rings is 1. The lowest BCUT2D eigenvalue weighted by Gasteiger charge is -2.11. The highest BCUT2D eigenvalue weighted by molar-refractivity contribution is 9.10. The molecule has 2 heterocycles. The number of aromatic nitrogens is 3. The summed E-state index contributed by atoms with van der Waals surface area (Å²) in [5.41, 5.74) is 0.229. The normalized spacial score (nSPS) is 11.0. The maximum atomic E-state index is 14.0. The molecule has 22 heavy (non-hydrogen) atoms. The molecule has 3 aromatic rings. The van der Waals surface area contributed by atoms with Crippen molar-refractivity contribution in [3.05, 3.63) is 64.0 Å². The van der Waals surface area contributed by atoms with Crippen LogP contribution in [-0.2, 0) is 0 Å². The first-order valence-electron chi connectivity index (χ1n) is 5.97. The summed E-state index contributed by atoms with van der Waals surface area (Å²) in [6.07, 6.45) is 2.70. The Bertz CT molecular complexity index is 826. The molecule has 0 spiro atoms. The number of rotatable bonds is 2. The van der Waals surface area contributed by atoms with Gasteiger partial charge in [0.2, 0.25) is 0 Å². The Hall–Kier alpha value is -1.86. The van der Waals surface area contributed by atoms with Crippen LogP contribution in [0.5, 0.6) is 0 Å². The summed E-state index contributed by atoms with van der Waals surface area (Å²) in [5.74, 6) is -3.03. The second-order valence-electron chi connectivity index (χ2n) is 4.33. The molecule has 0 aliphatic heterocycles. The van der Waals surface area contributed by atoms with Crippen LogP contribution in [0.25, 0.3) is 16.9 Å². The molecule has 1 aromatic carbocycles. The Morgan fingerprint density at radius 1 is 1.00 bits per heavy atom. The first-order valence-corrected chi connectivity index (χ1v) is 7.14. The minimum absolute atomic E-state index is 0.117. The van der Waals surface area contributed by atoms with Gasteiger partial charge in [-0.15, -0.1) is 0 Å². The summed E-state index contributed by atoms with van der Waals surface area (Å²) < 4.78 is 42.8. The third-order valence-electron chi connectivity index (χ3n) is 2.95. The van der Waals surface area contributed by atoms with Crippen LogP contribution in [0, 0.1) is 17.5 Å². The van der Waals surface area contributed by atoms with E-state index in [1.54, 1.807) is 6.07 Å². The summed E-state index contributed by atoms with van der Waals surface area (Å²) in [6.45, 7) is 0. The molecule has 0 N–H and O–H groups in total. The van der Waals surface area contributed by atoms with Gasteiger partial charge in [-0.2, -0.15) is 0 Å². The zero-order valence-electron chi connectivity index (χ0n) is 10.7. The maximum absolute atomic E-state index is 14.0. The van der Waals surface area contributed by atoms with Crippen molar-refractivity contribution in [1.82, 2.24) is 14.5 Å². The summed E-state index contributed by atoms with van der Waals surface area (Å²) in [7, 11) is 0. The number of benzene rings is 1. The monoisotopic (exact) mass is 387 g/mol. The maximum Gasteiger partial charge on any atom is 0.182 e. The molecular formula is C14H6BrClF3N3. The zero-order valence-corrected chi connectivity index (χ0v) is 13.0. The van der Waals surface area contributed by atoms with E-state index in [-0.39, 0.29) is 16.4 Å². The standard InChI is InChI=1S/C14H6BrClF3N3/c15-14-21-6-11(13-9(18)3-7(17)4-10(13)19)22(14)8-1-2-12(16)20-5-8/h1-6H. The lowest BCUT2D eigenvalue weighted by atomic mass is 10.1. The molecule has 0 bridgehead atoms. The van der Waals surface area contributed by atoms with E-state index in [0.29, 0.717) is 22.6 Å². The molecule has 0 saturated carbocycles. The van der Waals surface area contributed by atoms with Gasteiger partial charge in [-0.3, -0.25) is 4.57 Å². The highest BCUT2D eigenvalue weighted by atomic mass is 79.9. The van der Waals surface area contributed by atoms with E-state index in [0.717, 1.165) is 0 Å². The fraction of sp³-hybridized carbons (Fsp3) is 0. The first-order chi connectivity index (χ1) is 10.5. The van der Waals surface area contributed by atoms with Crippen molar-refractivity contribution < 1.29 is 13.2 Å². The van der Waals surface area contributed by atoms with Gasteiger partial charge in [-0.1, -0.05) is 11.6 Å². The van der Waals surface area contributed by atoms with Crippen molar-refractivity contribution in [3.8, 4) is 16.9 Å². The highest BCUT2D eigenvalue weighted by Crippen LogP contribution is 2.31. The highest BCUT2D eigenvalue weighted by Gasteiger charge is 2.20. The molecule has 0 saturated heterocycles. The Balaban J connectivity index is 2.24. The average molecular weight is 389 g/mol. The van der Waals surface area contributed by atoms with Crippen LogP contribution in [0.2, 0.25) is 5.15 Å². The van der Waals surface area contributed by atoms with Crippen LogP contribution in [0.1, 0.15) is 0 Å². The van der Waals surface area contributed by atoms with Gasteiger partial charge >= 0.3 is 0 Å². The van der Waals surface area contributed by atoms with Gasteiger partial charge in [-0.05, 0) is 28.1 Å². The Kier molecular flexibility index (Phi) is 3.92. The van der Waals surface area contributed by atoms with E-state index >= 15 is 0 Å². The number of hydrogen-bond acceptors (Lipinski definition) is 2. The summed E-state index contributed by atoms with van der Waals surface area (Å²) in [4.78, 5) is 7.91. The predicted octanol–water partition coefficient (Wildman–Crippen LogP) is 4.77. The largest absolute Gasteiger partial charge is 0.285 e. The topological polar surface area (TPSA) is 30.7 Å². The van der Waals surface area contributed by atoms with Crippen LogP contribution in [-0.4, -0.2) is 14.5 Å². The van der Waals surface area contributed by atoms with E-state index in [9.17, 15) is 13.2 Å². The molecule has 0 amide bonds. The van der Waals surface area contributed by atoms with E-state index < -0.39 is 17.5 Å². The fourth-order valence-corrected chi connectivity index (χ4v) is 2.65. The van der Waals surface area contributed by atoms with Crippen molar-refractivity contribution in [2.75, 3.05) is 0 Å². The van der Waals surface area contributed by atoms with Crippen molar-refractivity contribution in [3.63, 3.8) is 0 Å². The quantitative estimate of drug-likeness (QED) is 0.592. The molecule has 0 fully saturated rings. The number of halogens is 5. The number of hydrogen-bond donors (Lipinski definition) is 0. The van der Waals surface area contributed by atoms with Crippen LogP contribution < -0.4 is 0 Å². The van der Waals surface area contributed by atoms with Gasteiger partial charge in [-0.25, -0.2) is 23.1 Å². The average Bonchev–Trinajstić information content (AvgIpc) is 2.80. The molecule has 8 heteroatoms. The Morgan fingerprint density at radius 2 is 1.68 bits per heavy atom. The van der Waals surface area contributed by atoms with Gasteiger partial charge in [0.1, 0.15) is 22.6 Å². The summed E-state index contributed by atoms with van der Waals surface area (Å²) >= 11 is 8.93.